The predicted molar refractivity (Wildman–Crippen MR) is 106 cm³/mol. The van der Waals surface area contributed by atoms with Crippen molar-refractivity contribution in [3.8, 4) is 0 Å². The molecule has 2 saturated heterocycles. The van der Waals surface area contributed by atoms with E-state index in [2.05, 4.69) is 41.2 Å². The van der Waals surface area contributed by atoms with Crippen LogP contribution in [0.2, 0.25) is 0 Å². The molecule has 2 heterocycles. The van der Waals surface area contributed by atoms with Gasteiger partial charge in [-0.25, -0.2) is 10.9 Å². The van der Waals surface area contributed by atoms with E-state index in [1.54, 1.807) is 0 Å². The second-order valence-corrected chi connectivity index (χ2v) is 9.48. The van der Waals surface area contributed by atoms with Crippen LogP contribution in [0, 0.1) is 6.92 Å². The van der Waals surface area contributed by atoms with Crippen LogP contribution in [0.15, 0.2) is 64.6 Å². The minimum absolute atomic E-state index is 0.0720. The van der Waals surface area contributed by atoms with Gasteiger partial charge in [0.25, 0.3) is 0 Å². The summed E-state index contributed by atoms with van der Waals surface area (Å²) in [7, 11) is -0.677. The Hall–Kier alpha value is -2.02. The highest BCUT2D eigenvalue weighted by Gasteiger charge is 2.47. The van der Waals surface area contributed by atoms with Crippen LogP contribution in [-0.2, 0) is 9.47 Å². The topological polar surface area (TPSA) is 87.5 Å². The molecule has 0 radical (unpaired) electrons. The lowest BCUT2D eigenvalue weighted by atomic mass is 10.0. The molecule has 4 rings (SSSR count). The van der Waals surface area contributed by atoms with Crippen molar-refractivity contribution in [2.75, 3.05) is 12.4 Å². The third kappa shape index (κ3) is 3.70. The normalized spacial score (nSPS) is 34.3. The van der Waals surface area contributed by atoms with Gasteiger partial charge in [0.1, 0.15) is 6.10 Å². The molecule has 0 bridgehead atoms. The molecule has 2 aromatic rings. The first-order valence-corrected chi connectivity index (χ1v) is 10.6. The lowest BCUT2D eigenvalue weighted by molar-refractivity contribution is -0.237. The van der Waals surface area contributed by atoms with E-state index in [-0.39, 0.29) is 5.25 Å². The first-order valence-electron chi connectivity index (χ1n) is 9.05. The Morgan fingerprint density at radius 1 is 1.15 bits per heavy atom. The van der Waals surface area contributed by atoms with Gasteiger partial charge in [-0.15, -0.1) is 0 Å². The van der Waals surface area contributed by atoms with E-state index in [1.807, 2.05) is 30.3 Å². The summed E-state index contributed by atoms with van der Waals surface area (Å²) in [4.78, 5) is 4.18. The standard InChI is InChI=1S/C20H23N3O3S/c1-13-7-9-15(10-8-13)27-12-16(22-23-21)18(24)19-17(27)11-25-20(26-19)14-5-3-2-4-6-14/h2-10,16-20,24,27H,11-12H2,1H3/t16-,17+,18-,19+,20?/m0/s1. The number of benzene rings is 2. The van der Waals surface area contributed by atoms with Crippen LogP contribution in [0.1, 0.15) is 17.4 Å². The molecule has 2 fully saturated rings. The number of nitrogens with zero attached hydrogens (tertiary/aromatic N) is 3. The number of aliphatic hydroxyl groups excluding tert-OH is 1. The van der Waals surface area contributed by atoms with Crippen LogP contribution in [-0.4, -0.2) is 41.0 Å². The first kappa shape index (κ1) is 18.3. The van der Waals surface area contributed by atoms with Crippen molar-refractivity contribution in [2.45, 2.75) is 41.6 Å². The van der Waals surface area contributed by atoms with Gasteiger partial charge in [-0.05, 0) is 23.1 Å². The number of aliphatic hydroxyl groups is 1. The summed E-state index contributed by atoms with van der Waals surface area (Å²) in [5.74, 6) is 0.646. The third-order valence-electron chi connectivity index (χ3n) is 5.23. The number of azide groups is 1. The molecule has 27 heavy (non-hydrogen) atoms. The summed E-state index contributed by atoms with van der Waals surface area (Å²) in [5, 5.41) is 14.8. The zero-order valence-corrected chi connectivity index (χ0v) is 15.9. The Kier molecular flexibility index (Phi) is 5.38. The zero-order chi connectivity index (χ0) is 18.8. The molecule has 2 aliphatic rings. The van der Waals surface area contributed by atoms with Crippen molar-refractivity contribution in [1.82, 2.24) is 0 Å². The Balaban J connectivity index is 1.64. The first-order chi connectivity index (χ1) is 13.2. The summed E-state index contributed by atoms with van der Waals surface area (Å²) in [6.07, 6.45) is -1.76. The van der Waals surface area contributed by atoms with Gasteiger partial charge in [-0.3, -0.25) is 0 Å². The molecule has 2 unspecified atom stereocenters. The fraction of sp³-hybridized carbons (Fsp3) is 0.400. The highest BCUT2D eigenvalue weighted by molar-refractivity contribution is 8.17. The van der Waals surface area contributed by atoms with Crippen molar-refractivity contribution < 1.29 is 14.6 Å². The predicted octanol–water partition coefficient (Wildman–Crippen LogP) is 3.89. The maximum absolute atomic E-state index is 10.8. The SMILES string of the molecule is Cc1ccc([SH]2C[C@H](N=[N+]=[N-])[C@H](O)[C@@H]3OC(c4ccccc4)OC[C@H]32)cc1. The number of fused-ring (bicyclic) bond motifs is 1. The average Bonchev–Trinajstić information content (AvgIpc) is 2.71. The fourth-order valence-corrected chi connectivity index (χ4v) is 6.74. The monoisotopic (exact) mass is 385 g/mol. The molecule has 2 aliphatic heterocycles. The van der Waals surface area contributed by atoms with E-state index < -0.39 is 35.4 Å². The number of thiol groups is 1. The van der Waals surface area contributed by atoms with Gasteiger partial charge < -0.3 is 14.6 Å². The average molecular weight is 385 g/mol. The van der Waals surface area contributed by atoms with Gasteiger partial charge in [0.2, 0.25) is 0 Å². The highest BCUT2D eigenvalue weighted by atomic mass is 32.2. The molecular weight excluding hydrogens is 362 g/mol. The van der Waals surface area contributed by atoms with Crippen LogP contribution >= 0.6 is 10.9 Å². The molecule has 142 valence electrons. The Labute approximate surface area is 161 Å². The van der Waals surface area contributed by atoms with Crippen molar-refractivity contribution in [3.63, 3.8) is 0 Å². The minimum Gasteiger partial charge on any atom is -0.390 e. The largest absolute Gasteiger partial charge is 0.390 e. The lowest BCUT2D eigenvalue weighted by Crippen LogP contribution is -2.56. The molecule has 0 saturated carbocycles. The van der Waals surface area contributed by atoms with Crippen LogP contribution in [0.5, 0.6) is 0 Å². The zero-order valence-electron chi connectivity index (χ0n) is 15.0. The van der Waals surface area contributed by atoms with Gasteiger partial charge >= 0.3 is 0 Å². The maximum atomic E-state index is 10.8. The van der Waals surface area contributed by atoms with Gasteiger partial charge in [0, 0.05) is 15.7 Å². The van der Waals surface area contributed by atoms with Crippen molar-refractivity contribution >= 4 is 10.9 Å². The third-order valence-corrected chi connectivity index (χ3v) is 8.20. The molecule has 6 nitrogen and oxygen atoms in total. The maximum Gasteiger partial charge on any atom is 0.184 e. The van der Waals surface area contributed by atoms with Crippen LogP contribution in [0.25, 0.3) is 10.4 Å². The second-order valence-electron chi connectivity index (χ2n) is 6.99. The Morgan fingerprint density at radius 2 is 1.89 bits per heavy atom. The Morgan fingerprint density at radius 3 is 2.59 bits per heavy atom. The van der Waals surface area contributed by atoms with Crippen molar-refractivity contribution in [1.29, 1.82) is 0 Å². The molecule has 1 N–H and O–H groups in total. The van der Waals surface area contributed by atoms with E-state index in [0.29, 0.717) is 12.4 Å². The van der Waals surface area contributed by atoms with E-state index in [1.165, 1.54) is 10.5 Å². The molecule has 0 amide bonds. The van der Waals surface area contributed by atoms with Crippen LogP contribution < -0.4 is 0 Å². The fourth-order valence-electron chi connectivity index (χ4n) is 3.78. The summed E-state index contributed by atoms with van der Waals surface area (Å²) in [6.45, 7) is 2.58. The minimum atomic E-state index is -0.829. The van der Waals surface area contributed by atoms with Gasteiger partial charge in [-0.1, -0.05) is 65.3 Å². The number of ether oxygens (including phenoxy) is 2. The smallest absolute Gasteiger partial charge is 0.184 e. The van der Waals surface area contributed by atoms with Crippen LogP contribution in [0.3, 0.4) is 0 Å². The molecule has 0 aromatic heterocycles. The summed E-state index contributed by atoms with van der Waals surface area (Å²) in [6, 6.07) is 17.7. The van der Waals surface area contributed by atoms with E-state index in [0.717, 1.165) is 5.56 Å². The summed E-state index contributed by atoms with van der Waals surface area (Å²) >= 11 is 0. The molecule has 2 aromatic carbocycles. The lowest BCUT2D eigenvalue weighted by Gasteiger charge is -2.49. The van der Waals surface area contributed by atoms with Gasteiger partial charge in [0.15, 0.2) is 6.29 Å². The quantitative estimate of drug-likeness (QED) is 0.364. The van der Waals surface area contributed by atoms with Crippen molar-refractivity contribution in [3.05, 3.63) is 76.2 Å². The second kappa shape index (κ2) is 7.92. The van der Waals surface area contributed by atoms with Gasteiger partial charge in [0.05, 0.1) is 18.8 Å². The van der Waals surface area contributed by atoms with Crippen LogP contribution in [0.4, 0.5) is 0 Å². The molecule has 0 spiro atoms. The summed E-state index contributed by atoms with van der Waals surface area (Å²) < 4.78 is 12.2. The number of aryl methyl sites for hydroxylation is 1. The molecule has 0 aliphatic carbocycles. The van der Waals surface area contributed by atoms with Gasteiger partial charge in [-0.2, -0.15) is 0 Å². The molecular formula is C20H23N3O3S. The van der Waals surface area contributed by atoms with Crippen molar-refractivity contribution in [2.24, 2.45) is 5.11 Å². The van der Waals surface area contributed by atoms with E-state index in [4.69, 9.17) is 15.0 Å². The number of hydrogen-bond donors (Lipinski definition) is 2. The number of rotatable bonds is 3. The Bertz CT molecular complexity index is 826. The van der Waals surface area contributed by atoms with E-state index >= 15 is 0 Å². The molecule has 6 atom stereocenters. The molecule has 7 heteroatoms. The highest BCUT2D eigenvalue weighted by Crippen LogP contribution is 2.51. The number of hydrogen-bond acceptors (Lipinski definition) is 4. The summed E-state index contributed by atoms with van der Waals surface area (Å²) in [5.41, 5.74) is 11.1. The van der Waals surface area contributed by atoms with E-state index in [9.17, 15) is 5.11 Å².